The van der Waals surface area contributed by atoms with Gasteiger partial charge in [0.2, 0.25) is 0 Å². The predicted octanol–water partition coefficient (Wildman–Crippen LogP) is 1.39. The molecule has 1 rings (SSSR count). The summed E-state index contributed by atoms with van der Waals surface area (Å²) in [6.07, 6.45) is 6.17. The summed E-state index contributed by atoms with van der Waals surface area (Å²) < 4.78 is 0. The van der Waals surface area contributed by atoms with E-state index in [2.05, 4.69) is 0 Å². The van der Waals surface area contributed by atoms with Gasteiger partial charge in [0.05, 0.1) is 5.76 Å². The van der Waals surface area contributed by atoms with E-state index in [4.69, 9.17) is 5.11 Å². The summed E-state index contributed by atoms with van der Waals surface area (Å²) in [5.41, 5.74) is 0. The van der Waals surface area contributed by atoms with Crippen LogP contribution in [0.5, 0.6) is 0 Å². The fourth-order valence-electron chi connectivity index (χ4n) is 0.436. The molecule has 0 saturated heterocycles. The van der Waals surface area contributed by atoms with Crippen molar-refractivity contribution < 1.29 is 22.2 Å². The minimum absolute atomic E-state index is 0. The summed E-state index contributed by atoms with van der Waals surface area (Å²) in [7, 11) is 0. The molecule has 0 aromatic rings. The van der Waals surface area contributed by atoms with Gasteiger partial charge in [-0.15, -0.1) is 0 Å². The van der Waals surface area contributed by atoms with Gasteiger partial charge in [0.15, 0.2) is 0 Å². The molecule has 0 radical (unpaired) electrons. The molecule has 0 aromatic heterocycles. The first-order valence-electron chi connectivity index (χ1n) is 1.94. The van der Waals surface area contributed by atoms with Crippen molar-refractivity contribution in [3.8, 4) is 0 Å². The van der Waals surface area contributed by atoms with Gasteiger partial charge in [0, 0.05) is 23.5 Å². The summed E-state index contributed by atoms with van der Waals surface area (Å²) in [5.74, 6) is 0.468. The van der Waals surface area contributed by atoms with Crippen molar-refractivity contribution >= 4 is 0 Å². The summed E-state index contributed by atoms with van der Waals surface area (Å²) in [6, 6.07) is 0. The van der Waals surface area contributed by atoms with E-state index < -0.39 is 0 Å². The largest absolute Gasteiger partial charge is 0.512 e. The van der Waals surface area contributed by atoms with Crippen LogP contribution in [0.2, 0.25) is 0 Å². The third-order valence-electron chi connectivity index (χ3n) is 0.752. The third kappa shape index (κ3) is 1.81. The van der Waals surface area contributed by atoms with Crippen LogP contribution in [0.25, 0.3) is 0 Å². The molecule has 0 spiro atoms. The van der Waals surface area contributed by atoms with Gasteiger partial charge in [0.25, 0.3) is 0 Å². The maximum atomic E-state index is 8.53. The molecular weight excluding hydrogens is 132 g/mol. The van der Waals surface area contributed by atoms with E-state index in [0.717, 1.165) is 6.42 Å². The van der Waals surface area contributed by atoms with Crippen molar-refractivity contribution in [3.63, 3.8) is 0 Å². The van der Waals surface area contributed by atoms with Gasteiger partial charge in [0.1, 0.15) is 0 Å². The zero-order valence-electron chi connectivity index (χ0n) is 3.74. The van der Waals surface area contributed by atoms with Crippen molar-refractivity contribution in [2.75, 3.05) is 0 Å². The van der Waals surface area contributed by atoms with Crippen LogP contribution in [-0.4, -0.2) is 5.11 Å². The summed E-state index contributed by atoms with van der Waals surface area (Å²) >= 11 is 0. The first kappa shape index (κ1) is 6.80. The number of hydrogen-bond acceptors (Lipinski definition) is 1. The smallest absolute Gasteiger partial charge is 0.0960 e. The van der Waals surface area contributed by atoms with Crippen molar-refractivity contribution in [3.05, 3.63) is 24.0 Å². The van der Waals surface area contributed by atoms with Crippen molar-refractivity contribution in [2.24, 2.45) is 0 Å². The molecule has 7 heavy (non-hydrogen) atoms. The van der Waals surface area contributed by atoms with Gasteiger partial charge in [-0.2, -0.15) is 0 Å². The molecule has 0 aliphatic heterocycles. The van der Waals surface area contributed by atoms with Crippen LogP contribution in [0.4, 0.5) is 0 Å². The first-order valence-corrected chi connectivity index (χ1v) is 1.94. The maximum absolute atomic E-state index is 8.53. The molecule has 0 amide bonds. The van der Waals surface area contributed by atoms with E-state index in [1.165, 1.54) is 0 Å². The van der Waals surface area contributed by atoms with Crippen LogP contribution in [0.3, 0.4) is 0 Å². The second-order valence-electron chi connectivity index (χ2n) is 1.29. The number of allylic oxidation sites excluding steroid dienone is 3. The molecule has 1 aliphatic carbocycles. The molecule has 0 aromatic carbocycles. The fraction of sp³-hybridized carbons (Fsp3) is 0.200. The van der Waals surface area contributed by atoms with E-state index in [-0.39, 0.29) is 17.1 Å². The Balaban J connectivity index is 0.000000360. The van der Waals surface area contributed by atoms with Crippen LogP contribution in [0.1, 0.15) is 6.42 Å². The van der Waals surface area contributed by atoms with Crippen LogP contribution in [0.15, 0.2) is 24.0 Å². The van der Waals surface area contributed by atoms with Crippen molar-refractivity contribution in [1.82, 2.24) is 0 Å². The molecular formula is C5H6FeO. The zero-order valence-corrected chi connectivity index (χ0v) is 4.84. The van der Waals surface area contributed by atoms with Crippen LogP contribution >= 0.6 is 0 Å². The van der Waals surface area contributed by atoms with Crippen LogP contribution in [-0.2, 0) is 17.1 Å². The maximum Gasteiger partial charge on any atom is 0.0960 e. The third-order valence-corrected chi connectivity index (χ3v) is 0.752. The predicted molar refractivity (Wildman–Crippen MR) is 24.5 cm³/mol. The topological polar surface area (TPSA) is 20.2 Å². The number of aliphatic hydroxyl groups is 1. The zero-order chi connectivity index (χ0) is 4.41. The van der Waals surface area contributed by atoms with E-state index >= 15 is 0 Å². The first-order chi connectivity index (χ1) is 2.89. The van der Waals surface area contributed by atoms with Crippen molar-refractivity contribution in [2.45, 2.75) is 6.42 Å². The fourth-order valence-corrected chi connectivity index (χ4v) is 0.436. The number of aliphatic hydroxyl groups excluding tert-OH is 1. The van der Waals surface area contributed by atoms with Crippen molar-refractivity contribution in [1.29, 1.82) is 0 Å². The number of rotatable bonds is 0. The summed E-state index contributed by atoms with van der Waals surface area (Å²) in [5, 5.41) is 8.53. The Morgan fingerprint density at radius 1 is 1.57 bits per heavy atom. The molecule has 0 bridgehead atoms. The Morgan fingerprint density at radius 3 is 2.43 bits per heavy atom. The molecule has 0 unspecified atom stereocenters. The Labute approximate surface area is 53.2 Å². The van der Waals surface area contributed by atoms with E-state index in [1.807, 2.05) is 12.2 Å². The van der Waals surface area contributed by atoms with E-state index in [9.17, 15) is 0 Å². The molecule has 0 atom stereocenters. The monoisotopic (exact) mass is 138 g/mol. The molecule has 0 fully saturated rings. The molecule has 0 saturated carbocycles. The van der Waals surface area contributed by atoms with Crippen LogP contribution < -0.4 is 0 Å². The molecule has 1 N–H and O–H groups in total. The molecule has 1 aliphatic rings. The Hall–Kier alpha value is -0.201. The van der Waals surface area contributed by atoms with Gasteiger partial charge < -0.3 is 5.11 Å². The second-order valence-corrected chi connectivity index (χ2v) is 1.29. The molecule has 40 valence electrons. The van der Waals surface area contributed by atoms with Crippen LogP contribution in [0, 0.1) is 0 Å². The average molecular weight is 138 g/mol. The Bertz CT molecular complexity index is 105. The van der Waals surface area contributed by atoms with E-state index in [1.54, 1.807) is 6.08 Å². The second kappa shape index (κ2) is 2.89. The standard InChI is InChI=1S/C5H6O.Fe/c6-5-3-1-2-4-5;/h1-3,6H,4H2;. The van der Waals surface area contributed by atoms with Gasteiger partial charge in [-0.1, -0.05) is 12.2 Å². The summed E-state index contributed by atoms with van der Waals surface area (Å²) in [6.45, 7) is 0. The molecule has 0 heterocycles. The average Bonchev–Trinajstić information content (AvgIpc) is 1.86. The van der Waals surface area contributed by atoms with Gasteiger partial charge in [-0.3, -0.25) is 0 Å². The Morgan fingerprint density at radius 2 is 2.29 bits per heavy atom. The number of hydrogen-bond donors (Lipinski definition) is 1. The minimum Gasteiger partial charge on any atom is -0.512 e. The normalized spacial score (nSPS) is 15.7. The van der Waals surface area contributed by atoms with Gasteiger partial charge in [-0.05, 0) is 6.08 Å². The Kier molecular flexibility index (Phi) is 2.81. The molecule has 2 heteroatoms. The quantitative estimate of drug-likeness (QED) is 0.501. The van der Waals surface area contributed by atoms with Gasteiger partial charge >= 0.3 is 0 Å². The minimum atomic E-state index is 0. The van der Waals surface area contributed by atoms with Gasteiger partial charge in [-0.25, -0.2) is 0 Å². The van der Waals surface area contributed by atoms with E-state index in [0.29, 0.717) is 5.76 Å². The molecule has 1 nitrogen and oxygen atoms in total. The summed E-state index contributed by atoms with van der Waals surface area (Å²) in [4.78, 5) is 0. The SMILES string of the molecule is OC1=CC=CC1.[Fe].